The Kier molecular flexibility index (Phi) is 5.30. The first-order chi connectivity index (χ1) is 9.63. The van der Waals surface area contributed by atoms with Gasteiger partial charge in [-0.15, -0.1) is 0 Å². The van der Waals surface area contributed by atoms with Gasteiger partial charge in [0.1, 0.15) is 5.75 Å². The molecule has 0 spiro atoms. The number of ether oxygens (including phenoxy) is 1. The topological polar surface area (TPSA) is 41.5 Å². The molecule has 3 atom stereocenters. The van der Waals surface area contributed by atoms with Crippen LogP contribution < -0.4 is 10.1 Å². The summed E-state index contributed by atoms with van der Waals surface area (Å²) in [5.74, 6) is 2.40. The van der Waals surface area contributed by atoms with Crippen molar-refractivity contribution in [3.63, 3.8) is 0 Å². The Bertz CT molecular complexity index is 433. The lowest BCUT2D eigenvalue weighted by atomic mass is 9.79. The SMILES string of the molecule is CCOc1ccc(NC2CCC(C)C(C)C2)cc1CO. The van der Waals surface area contributed by atoms with E-state index in [0.717, 1.165) is 28.8 Å². The van der Waals surface area contributed by atoms with Crippen molar-refractivity contribution in [1.82, 2.24) is 0 Å². The quantitative estimate of drug-likeness (QED) is 0.860. The molecule has 0 heterocycles. The highest BCUT2D eigenvalue weighted by Gasteiger charge is 2.24. The third-order valence-corrected chi connectivity index (χ3v) is 4.50. The fraction of sp³-hybridized carbons (Fsp3) is 0.647. The second-order valence-corrected chi connectivity index (χ2v) is 6.02. The summed E-state index contributed by atoms with van der Waals surface area (Å²) in [6.45, 7) is 7.29. The van der Waals surface area contributed by atoms with Crippen molar-refractivity contribution in [1.29, 1.82) is 0 Å². The molecule has 0 aliphatic heterocycles. The number of anilines is 1. The molecule has 1 aromatic rings. The Morgan fingerprint density at radius 3 is 2.70 bits per heavy atom. The van der Waals surface area contributed by atoms with Gasteiger partial charge in [-0.2, -0.15) is 0 Å². The summed E-state index contributed by atoms with van der Waals surface area (Å²) in [5, 5.41) is 13.1. The van der Waals surface area contributed by atoms with Crippen molar-refractivity contribution in [2.45, 2.75) is 52.7 Å². The highest BCUT2D eigenvalue weighted by Crippen LogP contribution is 2.32. The van der Waals surface area contributed by atoms with Crippen LogP contribution in [0.15, 0.2) is 18.2 Å². The van der Waals surface area contributed by atoms with Gasteiger partial charge in [0.15, 0.2) is 0 Å². The molecule has 1 fully saturated rings. The number of nitrogens with one attached hydrogen (secondary N) is 1. The molecule has 3 nitrogen and oxygen atoms in total. The van der Waals surface area contributed by atoms with Crippen LogP contribution >= 0.6 is 0 Å². The molecular formula is C17H27NO2. The Labute approximate surface area is 122 Å². The van der Waals surface area contributed by atoms with Gasteiger partial charge in [0, 0.05) is 17.3 Å². The fourth-order valence-electron chi connectivity index (χ4n) is 3.00. The monoisotopic (exact) mass is 277 g/mol. The van der Waals surface area contributed by atoms with Gasteiger partial charge in [-0.1, -0.05) is 13.8 Å². The summed E-state index contributed by atoms with van der Waals surface area (Å²) >= 11 is 0. The minimum atomic E-state index is 0.0168. The van der Waals surface area contributed by atoms with Crippen LogP contribution in [0.5, 0.6) is 5.75 Å². The molecule has 0 saturated heterocycles. The molecule has 0 bridgehead atoms. The van der Waals surface area contributed by atoms with E-state index in [4.69, 9.17) is 4.74 Å². The molecule has 3 heteroatoms. The number of hydrogen-bond acceptors (Lipinski definition) is 3. The molecule has 20 heavy (non-hydrogen) atoms. The molecule has 1 aliphatic carbocycles. The second-order valence-electron chi connectivity index (χ2n) is 6.02. The lowest BCUT2D eigenvalue weighted by molar-refractivity contribution is 0.260. The predicted molar refractivity (Wildman–Crippen MR) is 83.1 cm³/mol. The molecule has 1 aromatic carbocycles. The fourth-order valence-corrected chi connectivity index (χ4v) is 3.00. The molecule has 2 N–H and O–H groups in total. The zero-order chi connectivity index (χ0) is 14.5. The minimum absolute atomic E-state index is 0.0168. The lowest BCUT2D eigenvalue weighted by Gasteiger charge is -2.33. The molecule has 0 radical (unpaired) electrons. The van der Waals surface area contributed by atoms with E-state index in [1.54, 1.807) is 0 Å². The zero-order valence-corrected chi connectivity index (χ0v) is 12.9. The summed E-state index contributed by atoms with van der Waals surface area (Å²) in [5.41, 5.74) is 1.94. The van der Waals surface area contributed by atoms with Crippen molar-refractivity contribution >= 4 is 5.69 Å². The van der Waals surface area contributed by atoms with Crippen molar-refractivity contribution in [2.75, 3.05) is 11.9 Å². The van der Waals surface area contributed by atoms with Gasteiger partial charge in [-0.25, -0.2) is 0 Å². The molecule has 112 valence electrons. The van der Waals surface area contributed by atoms with Gasteiger partial charge < -0.3 is 15.2 Å². The van der Waals surface area contributed by atoms with E-state index in [9.17, 15) is 5.11 Å². The molecule has 2 rings (SSSR count). The maximum Gasteiger partial charge on any atom is 0.124 e. The van der Waals surface area contributed by atoms with Gasteiger partial charge >= 0.3 is 0 Å². The van der Waals surface area contributed by atoms with Crippen LogP contribution in [0.3, 0.4) is 0 Å². The summed E-state index contributed by atoms with van der Waals surface area (Å²) in [6.07, 6.45) is 3.75. The van der Waals surface area contributed by atoms with Crippen LogP contribution in [0.25, 0.3) is 0 Å². The van der Waals surface area contributed by atoms with Crippen molar-refractivity contribution in [2.24, 2.45) is 11.8 Å². The minimum Gasteiger partial charge on any atom is -0.494 e. The van der Waals surface area contributed by atoms with Gasteiger partial charge in [-0.3, -0.25) is 0 Å². The highest BCUT2D eigenvalue weighted by molar-refractivity contribution is 5.51. The normalized spacial score (nSPS) is 26.3. The Hall–Kier alpha value is -1.22. The van der Waals surface area contributed by atoms with E-state index in [1.165, 1.54) is 19.3 Å². The van der Waals surface area contributed by atoms with Gasteiger partial charge in [0.2, 0.25) is 0 Å². The van der Waals surface area contributed by atoms with E-state index in [1.807, 2.05) is 25.1 Å². The Balaban J connectivity index is 2.02. The van der Waals surface area contributed by atoms with Gasteiger partial charge in [0.25, 0.3) is 0 Å². The van der Waals surface area contributed by atoms with Crippen molar-refractivity contribution in [3.8, 4) is 5.75 Å². The van der Waals surface area contributed by atoms with E-state index in [0.29, 0.717) is 12.6 Å². The van der Waals surface area contributed by atoms with Crippen molar-refractivity contribution in [3.05, 3.63) is 23.8 Å². The Morgan fingerprint density at radius 1 is 1.25 bits per heavy atom. The van der Waals surface area contributed by atoms with Crippen molar-refractivity contribution < 1.29 is 9.84 Å². The summed E-state index contributed by atoms with van der Waals surface area (Å²) in [4.78, 5) is 0. The Morgan fingerprint density at radius 2 is 2.05 bits per heavy atom. The lowest BCUT2D eigenvalue weighted by Crippen LogP contribution is -2.30. The average Bonchev–Trinajstić information content (AvgIpc) is 2.45. The third kappa shape index (κ3) is 3.66. The zero-order valence-electron chi connectivity index (χ0n) is 12.9. The first-order valence-electron chi connectivity index (χ1n) is 7.77. The summed E-state index contributed by atoms with van der Waals surface area (Å²) in [7, 11) is 0. The molecule has 3 unspecified atom stereocenters. The third-order valence-electron chi connectivity index (χ3n) is 4.50. The van der Waals surface area contributed by atoms with Crippen LogP contribution in [0, 0.1) is 11.8 Å². The predicted octanol–water partition coefficient (Wildman–Crippen LogP) is 3.81. The number of hydrogen-bond donors (Lipinski definition) is 2. The first-order valence-corrected chi connectivity index (χ1v) is 7.77. The standard InChI is InChI=1S/C17H27NO2/c1-4-20-17-8-7-16(10-14(17)11-19)18-15-6-5-12(2)13(3)9-15/h7-8,10,12-13,15,18-19H,4-6,9,11H2,1-3H3. The van der Waals surface area contributed by atoms with Crippen LogP contribution in [0.2, 0.25) is 0 Å². The van der Waals surface area contributed by atoms with E-state index in [2.05, 4.69) is 19.2 Å². The van der Waals surface area contributed by atoms with Gasteiger partial charge in [0.05, 0.1) is 13.2 Å². The van der Waals surface area contributed by atoms with Crippen LogP contribution in [0.1, 0.15) is 45.6 Å². The number of aliphatic hydroxyl groups is 1. The van der Waals surface area contributed by atoms with Crippen LogP contribution in [-0.2, 0) is 6.61 Å². The van der Waals surface area contributed by atoms with Crippen LogP contribution in [-0.4, -0.2) is 17.8 Å². The van der Waals surface area contributed by atoms with E-state index < -0.39 is 0 Å². The second kappa shape index (κ2) is 6.98. The highest BCUT2D eigenvalue weighted by atomic mass is 16.5. The summed E-state index contributed by atoms with van der Waals surface area (Å²) < 4.78 is 5.52. The maximum atomic E-state index is 9.44. The largest absolute Gasteiger partial charge is 0.494 e. The summed E-state index contributed by atoms with van der Waals surface area (Å²) in [6, 6.07) is 6.55. The van der Waals surface area contributed by atoms with Gasteiger partial charge in [-0.05, 0) is 56.2 Å². The first kappa shape index (κ1) is 15.2. The van der Waals surface area contributed by atoms with E-state index >= 15 is 0 Å². The van der Waals surface area contributed by atoms with E-state index in [-0.39, 0.29) is 6.61 Å². The number of benzene rings is 1. The smallest absolute Gasteiger partial charge is 0.124 e. The number of rotatable bonds is 5. The maximum absolute atomic E-state index is 9.44. The molecule has 1 saturated carbocycles. The van der Waals surface area contributed by atoms with Crippen LogP contribution in [0.4, 0.5) is 5.69 Å². The molecule has 0 amide bonds. The molecular weight excluding hydrogens is 250 g/mol. The average molecular weight is 277 g/mol. The molecule has 1 aliphatic rings. The molecule has 0 aromatic heterocycles. The number of aliphatic hydroxyl groups excluding tert-OH is 1.